The average Bonchev–Trinajstić information content (AvgIpc) is 2.99. The van der Waals surface area contributed by atoms with Crippen LogP contribution in [0.5, 0.6) is 11.5 Å². The molecule has 1 aliphatic rings. The summed E-state index contributed by atoms with van der Waals surface area (Å²) < 4.78 is 10.5. The number of benzene rings is 3. The van der Waals surface area contributed by atoms with Gasteiger partial charge >= 0.3 is 0 Å². The Hall–Kier alpha value is -4.39. The molecule has 40 heavy (non-hydrogen) atoms. The molecule has 2 amide bonds. The van der Waals surface area contributed by atoms with Crippen LogP contribution in [0.3, 0.4) is 0 Å². The molecular formula is C33H39N3O4. The van der Waals surface area contributed by atoms with E-state index in [9.17, 15) is 9.59 Å². The SMILES string of the molecule is C=C/C(=N\N1CC(=O)N(Cc2ccc(OC)cc2)C(c2ccc(C(C)C)cc2)C1=O)c1ccc(OC)cc1.CC. The summed E-state index contributed by atoms with van der Waals surface area (Å²) >= 11 is 0. The number of carbonyl (C=O) groups is 2. The van der Waals surface area contributed by atoms with Crippen LogP contribution in [-0.4, -0.2) is 48.2 Å². The van der Waals surface area contributed by atoms with E-state index >= 15 is 0 Å². The van der Waals surface area contributed by atoms with Gasteiger partial charge in [-0.25, -0.2) is 5.01 Å². The monoisotopic (exact) mass is 541 g/mol. The van der Waals surface area contributed by atoms with E-state index in [0.717, 1.165) is 28.0 Å². The first kappa shape index (κ1) is 30.2. The van der Waals surface area contributed by atoms with Gasteiger partial charge in [-0.15, -0.1) is 0 Å². The van der Waals surface area contributed by atoms with E-state index < -0.39 is 6.04 Å². The van der Waals surface area contributed by atoms with Gasteiger partial charge in [-0.1, -0.05) is 70.7 Å². The molecule has 1 fully saturated rings. The van der Waals surface area contributed by atoms with E-state index in [0.29, 0.717) is 17.4 Å². The van der Waals surface area contributed by atoms with Gasteiger partial charge in [0.2, 0.25) is 5.91 Å². The van der Waals surface area contributed by atoms with E-state index in [4.69, 9.17) is 9.47 Å². The van der Waals surface area contributed by atoms with Crippen LogP contribution < -0.4 is 9.47 Å². The van der Waals surface area contributed by atoms with Crippen LogP contribution in [0.1, 0.15) is 61.9 Å². The normalized spacial score (nSPS) is 15.5. The number of carbonyl (C=O) groups excluding carboxylic acids is 2. The lowest BCUT2D eigenvalue weighted by Gasteiger charge is -2.38. The molecule has 1 saturated heterocycles. The van der Waals surface area contributed by atoms with Crippen molar-refractivity contribution in [3.63, 3.8) is 0 Å². The first-order chi connectivity index (χ1) is 19.3. The Kier molecular flexibility index (Phi) is 10.6. The van der Waals surface area contributed by atoms with Gasteiger partial charge in [0.1, 0.15) is 24.1 Å². The van der Waals surface area contributed by atoms with Crippen molar-refractivity contribution >= 4 is 17.5 Å². The maximum Gasteiger partial charge on any atom is 0.270 e. The number of allylic oxidation sites excluding steroid dienone is 1. The molecule has 1 atom stereocenters. The van der Waals surface area contributed by atoms with Crippen LogP contribution in [0.25, 0.3) is 0 Å². The van der Waals surface area contributed by atoms with Gasteiger partial charge in [-0.05, 0) is 65.1 Å². The molecule has 0 radical (unpaired) electrons. The Morgan fingerprint density at radius 1 is 0.925 bits per heavy atom. The molecule has 0 aromatic heterocycles. The van der Waals surface area contributed by atoms with Crippen molar-refractivity contribution in [2.24, 2.45) is 5.10 Å². The predicted molar refractivity (Wildman–Crippen MR) is 160 cm³/mol. The summed E-state index contributed by atoms with van der Waals surface area (Å²) in [5.74, 6) is 1.32. The van der Waals surface area contributed by atoms with Crippen LogP contribution >= 0.6 is 0 Å². The van der Waals surface area contributed by atoms with E-state index in [1.54, 1.807) is 25.2 Å². The molecule has 4 rings (SSSR count). The van der Waals surface area contributed by atoms with Gasteiger partial charge in [0.25, 0.3) is 5.91 Å². The summed E-state index contributed by atoms with van der Waals surface area (Å²) in [7, 11) is 3.21. The van der Waals surface area contributed by atoms with Crippen molar-refractivity contribution in [2.45, 2.75) is 46.2 Å². The molecule has 0 spiro atoms. The molecule has 7 nitrogen and oxygen atoms in total. The summed E-state index contributed by atoms with van der Waals surface area (Å²) in [6, 6.07) is 21.9. The molecule has 0 aliphatic carbocycles. The summed E-state index contributed by atoms with van der Waals surface area (Å²) in [5, 5.41) is 5.83. The van der Waals surface area contributed by atoms with Gasteiger partial charge in [0.05, 0.1) is 19.9 Å². The lowest BCUT2D eigenvalue weighted by Crippen LogP contribution is -2.53. The number of nitrogens with zero attached hydrogens (tertiary/aromatic N) is 3. The van der Waals surface area contributed by atoms with E-state index in [2.05, 4.69) is 25.5 Å². The lowest BCUT2D eigenvalue weighted by atomic mass is 9.96. The zero-order chi connectivity index (χ0) is 29.2. The molecule has 1 heterocycles. The number of ether oxygens (including phenoxy) is 2. The molecule has 3 aromatic carbocycles. The fourth-order valence-corrected chi connectivity index (χ4v) is 4.40. The molecule has 3 aromatic rings. The van der Waals surface area contributed by atoms with Crippen molar-refractivity contribution in [3.05, 3.63) is 108 Å². The highest BCUT2D eigenvalue weighted by atomic mass is 16.5. The topological polar surface area (TPSA) is 71.4 Å². The molecule has 7 heteroatoms. The maximum atomic E-state index is 13.9. The Balaban J connectivity index is 0.00000216. The predicted octanol–water partition coefficient (Wildman–Crippen LogP) is 6.36. The van der Waals surface area contributed by atoms with E-state index in [1.807, 2.05) is 86.6 Å². The smallest absolute Gasteiger partial charge is 0.270 e. The summed E-state index contributed by atoms with van der Waals surface area (Å²) in [5.41, 5.74) is 4.06. The Bertz CT molecular complexity index is 1310. The summed E-state index contributed by atoms with van der Waals surface area (Å²) in [6.07, 6.45) is 1.58. The first-order valence-corrected chi connectivity index (χ1v) is 13.5. The van der Waals surface area contributed by atoms with Crippen molar-refractivity contribution < 1.29 is 19.1 Å². The molecule has 0 N–H and O–H groups in total. The fourth-order valence-electron chi connectivity index (χ4n) is 4.40. The van der Waals surface area contributed by atoms with Crippen LogP contribution in [0.2, 0.25) is 0 Å². The molecular weight excluding hydrogens is 502 g/mol. The Labute approximate surface area is 237 Å². The number of amides is 2. The summed E-state index contributed by atoms with van der Waals surface area (Å²) in [6.45, 7) is 12.2. The van der Waals surface area contributed by atoms with Crippen LogP contribution in [0.15, 0.2) is 90.6 Å². The highest BCUT2D eigenvalue weighted by molar-refractivity contribution is 6.09. The standard InChI is InChI=1S/C31H33N3O4.C2H6/c1-6-28(24-13-17-27(38-5)18-14-24)32-34-20-29(35)33(19-22-7-15-26(37-4)16-8-22)30(31(34)36)25-11-9-23(10-12-25)21(2)3;1-2/h6-18,21,30H,1,19-20H2,2-5H3;1-2H3/b32-28+;. The zero-order valence-corrected chi connectivity index (χ0v) is 24.3. The van der Waals surface area contributed by atoms with E-state index in [1.165, 1.54) is 5.01 Å². The fraction of sp³-hybridized carbons (Fsp3) is 0.303. The Morgan fingerprint density at radius 3 is 1.98 bits per heavy atom. The highest BCUT2D eigenvalue weighted by Gasteiger charge is 2.40. The van der Waals surface area contributed by atoms with Crippen LogP contribution in [0, 0.1) is 0 Å². The maximum absolute atomic E-state index is 13.9. The third-order valence-electron chi connectivity index (χ3n) is 6.64. The van der Waals surface area contributed by atoms with Crippen molar-refractivity contribution in [1.82, 2.24) is 9.91 Å². The number of rotatable bonds is 9. The minimum absolute atomic E-state index is 0.164. The lowest BCUT2D eigenvalue weighted by molar-refractivity contribution is -0.157. The molecule has 0 bridgehead atoms. The third-order valence-corrected chi connectivity index (χ3v) is 6.64. The molecule has 1 aliphatic heterocycles. The quantitative estimate of drug-likeness (QED) is 0.296. The Morgan fingerprint density at radius 2 is 1.48 bits per heavy atom. The van der Waals surface area contributed by atoms with Gasteiger partial charge in [-0.3, -0.25) is 9.59 Å². The number of hydrogen-bond donors (Lipinski definition) is 0. The number of hydrazone groups is 1. The van der Waals surface area contributed by atoms with Gasteiger partial charge in [0, 0.05) is 12.1 Å². The second-order valence-corrected chi connectivity index (χ2v) is 9.41. The van der Waals surface area contributed by atoms with Crippen LogP contribution in [0.4, 0.5) is 0 Å². The van der Waals surface area contributed by atoms with Gasteiger partial charge in [0.15, 0.2) is 0 Å². The minimum atomic E-state index is -0.815. The third kappa shape index (κ3) is 6.97. The van der Waals surface area contributed by atoms with Gasteiger partial charge < -0.3 is 14.4 Å². The second-order valence-electron chi connectivity index (χ2n) is 9.41. The van der Waals surface area contributed by atoms with Crippen molar-refractivity contribution in [3.8, 4) is 11.5 Å². The molecule has 210 valence electrons. The molecule has 0 saturated carbocycles. The highest BCUT2D eigenvalue weighted by Crippen LogP contribution is 2.31. The average molecular weight is 542 g/mol. The van der Waals surface area contributed by atoms with Crippen LogP contribution in [-0.2, 0) is 16.1 Å². The largest absolute Gasteiger partial charge is 0.497 e. The summed E-state index contributed by atoms with van der Waals surface area (Å²) in [4.78, 5) is 29.1. The first-order valence-electron chi connectivity index (χ1n) is 13.5. The van der Waals surface area contributed by atoms with E-state index in [-0.39, 0.29) is 24.9 Å². The molecule has 1 unspecified atom stereocenters. The van der Waals surface area contributed by atoms with Gasteiger partial charge in [-0.2, -0.15) is 5.10 Å². The van der Waals surface area contributed by atoms with Crippen molar-refractivity contribution in [2.75, 3.05) is 20.8 Å². The minimum Gasteiger partial charge on any atom is -0.497 e. The zero-order valence-electron chi connectivity index (χ0n) is 24.3. The van der Waals surface area contributed by atoms with Crippen molar-refractivity contribution in [1.29, 1.82) is 0 Å². The number of piperazine rings is 1. The number of hydrogen-bond acceptors (Lipinski definition) is 5. The number of methoxy groups -OCH3 is 2. The second kappa shape index (κ2) is 14.1.